The molecule has 0 N–H and O–H groups in total. The second-order valence-electron chi connectivity index (χ2n) is 6.14. The van der Waals surface area contributed by atoms with Gasteiger partial charge >= 0.3 is 6.18 Å². The summed E-state index contributed by atoms with van der Waals surface area (Å²) in [5.41, 5.74) is 1.09. The van der Waals surface area contributed by atoms with Crippen LogP contribution in [0.3, 0.4) is 0 Å². The Bertz CT molecular complexity index is 1170. The minimum absolute atomic E-state index is 0.101. The van der Waals surface area contributed by atoms with Crippen molar-refractivity contribution < 1.29 is 17.9 Å². The summed E-state index contributed by atoms with van der Waals surface area (Å²) in [6.45, 7) is 2.53. The van der Waals surface area contributed by atoms with Crippen molar-refractivity contribution in [2.75, 3.05) is 6.61 Å². The van der Waals surface area contributed by atoms with Crippen LogP contribution < -0.4 is 4.74 Å². The van der Waals surface area contributed by atoms with E-state index in [1.54, 1.807) is 0 Å². The van der Waals surface area contributed by atoms with Crippen LogP contribution in [0.5, 0.6) is 5.75 Å². The maximum absolute atomic E-state index is 13.1. The number of hydrogen-bond acceptors (Lipinski definition) is 6. The molecule has 30 heavy (non-hydrogen) atoms. The Morgan fingerprint density at radius 1 is 1.20 bits per heavy atom. The van der Waals surface area contributed by atoms with Gasteiger partial charge in [-0.1, -0.05) is 23.4 Å². The van der Waals surface area contributed by atoms with Gasteiger partial charge in [-0.05, 0) is 37.3 Å². The number of alkyl halides is 3. The molecule has 0 aliphatic rings. The summed E-state index contributed by atoms with van der Waals surface area (Å²) in [6.07, 6.45) is -3.55. The number of thiazole rings is 1. The highest BCUT2D eigenvalue weighted by atomic mass is 35.5. The average Bonchev–Trinajstić information content (AvgIpc) is 3.34. The number of thioether (sulfide) groups is 1. The van der Waals surface area contributed by atoms with Crippen molar-refractivity contribution in [2.24, 2.45) is 0 Å². The highest BCUT2D eigenvalue weighted by molar-refractivity contribution is 7.98. The first-order valence-electron chi connectivity index (χ1n) is 8.77. The van der Waals surface area contributed by atoms with Crippen molar-refractivity contribution in [3.63, 3.8) is 0 Å². The van der Waals surface area contributed by atoms with E-state index in [1.807, 2.05) is 36.6 Å². The van der Waals surface area contributed by atoms with Crippen molar-refractivity contribution in [1.29, 1.82) is 0 Å². The average molecular weight is 471 g/mol. The fourth-order valence-electron chi connectivity index (χ4n) is 2.69. The third-order valence-electron chi connectivity index (χ3n) is 4.07. The fraction of sp³-hybridized carbons (Fsp3) is 0.211. The highest BCUT2D eigenvalue weighted by Crippen LogP contribution is 2.34. The molecule has 1 aromatic carbocycles. The molecule has 0 aliphatic carbocycles. The number of aromatic nitrogens is 4. The molecular weight excluding hydrogens is 457 g/mol. The van der Waals surface area contributed by atoms with Gasteiger partial charge in [-0.2, -0.15) is 13.2 Å². The molecule has 0 aliphatic heterocycles. The van der Waals surface area contributed by atoms with Crippen molar-refractivity contribution in [1.82, 2.24) is 19.6 Å². The van der Waals surface area contributed by atoms with Crippen LogP contribution in [-0.4, -0.2) is 26.2 Å². The lowest BCUT2D eigenvalue weighted by atomic mass is 10.2. The second-order valence-corrected chi connectivity index (χ2v) is 8.35. The van der Waals surface area contributed by atoms with Crippen LogP contribution in [0.2, 0.25) is 5.02 Å². The lowest BCUT2D eigenvalue weighted by Crippen LogP contribution is -2.07. The molecule has 0 spiro atoms. The van der Waals surface area contributed by atoms with Gasteiger partial charge in [-0.25, -0.2) is 4.98 Å². The van der Waals surface area contributed by atoms with Crippen molar-refractivity contribution in [3.05, 3.63) is 58.2 Å². The molecule has 0 bridgehead atoms. The van der Waals surface area contributed by atoms with E-state index >= 15 is 0 Å². The van der Waals surface area contributed by atoms with Gasteiger partial charge in [0.1, 0.15) is 10.8 Å². The van der Waals surface area contributed by atoms with E-state index < -0.39 is 11.7 Å². The van der Waals surface area contributed by atoms with Crippen LogP contribution in [-0.2, 0) is 11.9 Å². The number of halogens is 4. The molecule has 4 rings (SSSR count). The van der Waals surface area contributed by atoms with Crippen molar-refractivity contribution in [2.45, 2.75) is 24.0 Å². The van der Waals surface area contributed by atoms with Crippen LogP contribution in [0.1, 0.15) is 18.2 Å². The molecule has 5 nitrogen and oxygen atoms in total. The zero-order valence-corrected chi connectivity index (χ0v) is 17.9. The Morgan fingerprint density at radius 2 is 1.97 bits per heavy atom. The monoisotopic (exact) mass is 470 g/mol. The summed E-state index contributed by atoms with van der Waals surface area (Å²) in [6, 6.07) is 8.50. The lowest BCUT2D eigenvalue weighted by molar-refractivity contribution is -0.137. The summed E-state index contributed by atoms with van der Waals surface area (Å²) in [7, 11) is 0. The van der Waals surface area contributed by atoms with Crippen LogP contribution >= 0.6 is 34.7 Å². The van der Waals surface area contributed by atoms with E-state index in [2.05, 4.69) is 15.2 Å². The number of benzene rings is 1. The van der Waals surface area contributed by atoms with Gasteiger partial charge < -0.3 is 4.74 Å². The number of pyridine rings is 1. The fourth-order valence-corrected chi connectivity index (χ4v) is 4.67. The largest absolute Gasteiger partial charge is 0.494 e. The van der Waals surface area contributed by atoms with Crippen molar-refractivity contribution >= 4 is 40.3 Å². The van der Waals surface area contributed by atoms with Gasteiger partial charge in [0.2, 0.25) is 0 Å². The van der Waals surface area contributed by atoms with Crippen LogP contribution in [0, 0.1) is 0 Å². The third kappa shape index (κ3) is 4.40. The molecule has 11 heteroatoms. The molecule has 3 aromatic heterocycles. The first-order valence-corrected chi connectivity index (χ1v) is 11.0. The number of rotatable bonds is 6. The number of fused-ring (bicyclic) bond motifs is 1. The van der Waals surface area contributed by atoms with E-state index in [0.29, 0.717) is 17.5 Å². The van der Waals surface area contributed by atoms with E-state index in [9.17, 15) is 13.2 Å². The zero-order chi connectivity index (χ0) is 21.3. The Kier molecular flexibility index (Phi) is 5.90. The van der Waals surface area contributed by atoms with Crippen molar-refractivity contribution in [3.8, 4) is 16.3 Å². The standard InChI is InChI=1S/C19H14ClF3N4OS2/c1-2-28-14-5-3-11(4-6-14)17-24-13(9-29-17)10-30-18-26-25-16-15(20)7-12(8-27(16)18)19(21,22)23/h3-9H,2,10H2,1H3. The van der Waals surface area contributed by atoms with Gasteiger partial charge in [0.15, 0.2) is 10.8 Å². The third-order valence-corrected chi connectivity index (χ3v) is 6.26. The number of nitrogens with zero attached hydrogens (tertiary/aromatic N) is 4. The first-order chi connectivity index (χ1) is 14.3. The summed E-state index contributed by atoms with van der Waals surface area (Å²) in [5.74, 6) is 1.23. The predicted octanol–water partition coefficient (Wildman–Crippen LogP) is 6.22. The Hall–Kier alpha value is -2.30. The molecule has 0 radical (unpaired) electrons. The molecular formula is C19H14ClF3N4OS2. The summed E-state index contributed by atoms with van der Waals surface area (Å²) in [4.78, 5) is 4.60. The van der Waals surface area contributed by atoms with Crippen LogP contribution in [0.15, 0.2) is 47.1 Å². The highest BCUT2D eigenvalue weighted by Gasteiger charge is 2.32. The van der Waals surface area contributed by atoms with E-state index in [-0.39, 0.29) is 10.7 Å². The zero-order valence-electron chi connectivity index (χ0n) is 15.5. The molecule has 0 unspecified atom stereocenters. The maximum Gasteiger partial charge on any atom is 0.417 e. The molecule has 0 atom stereocenters. The van der Waals surface area contributed by atoms with Crippen LogP contribution in [0.4, 0.5) is 13.2 Å². The second kappa shape index (κ2) is 8.44. The van der Waals surface area contributed by atoms with Gasteiger partial charge in [0.25, 0.3) is 0 Å². The molecule has 0 amide bonds. The summed E-state index contributed by atoms with van der Waals surface area (Å²) >= 11 is 8.68. The summed E-state index contributed by atoms with van der Waals surface area (Å²) < 4.78 is 45.9. The summed E-state index contributed by atoms with van der Waals surface area (Å²) in [5, 5.41) is 10.8. The molecule has 4 aromatic rings. The Labute approximate surface area is 182 Å². The van der Waals surface area contributed by atoms with E-state index in [1.165, 1.54) is 27.5 Å². The quantitative estimate of drug-likeness (QED) is 0.313. The predicted molar refractivity (Wildman–Crippen MR) is 111 cm³/mol. The Morgan fingerprint density at radius 3 is 2.67 bits per heavy atom. The number of hydrogen-bond donors (Lipinski definition) is 0. The minimum Gasteiger partial charge on any atom is -0.494 e. The smallest absolute Gasteiger partial charge is 0.417 e. The molecule has 0 fully saturated rings. The SMILES string of the molecule is CCOc1ccc(-c2nc(CSc3nnc4c(Cl)cc(C(F)(F)F)cn34)cs2)cc1. The van der Waals surface area contributed by atoms with Gasteiger partial charge in [0, 0.05) is 22.9 Å². The lowest BCUT2D eigenvalue weighted by Gasteiger charge is -2.08. The van der Waals surface area contributed by atoms with Gasteiger partial charge in [-0.15, -0.1) is 21.5 Å². The van der Waals surface area contributed by atoms with E-state index in [4.69, 9.17) is 16.3 Å². The number of ether oxygens (including phenoxy) is 1. The van der Waals surface area contributed by atoms with Crippen LogP contribution in [0.25, 0.3) is 16.2 Å². The van der Waals surface area contributed by atoms with Gasteiger partial charge in [-0.3, -0.25) is 4.40 Å². The first kappa shape index (κ1) is 21.0. The molecule has 3 heterocycles. The normalized spacial score (nSPS) is 11.9. The minimum atomic E-state index is -4.51. The van der Waals surface area contributed by atoms with Gasteiger partial charge in [0.05, 0.1) is 22.9 Å². The van der Waals surface area contributed by atoms with E-state index in [0.717, 1.165) is 34.3 Å². The Balaban J connectivity index is 1.51. The molecule has 156 valence electrons. The molecule has 0 saturated heterocycles. The topological polar surface area (TPSA) is 52.3 Å². The molecule has 0 saturated carbocycles. The maximum atomic E-state index is 13.1.